The average Bonchev–Trinajstić information content (AvgIpc) is 2.91. The normalized spacial score (nSPS) is 17.7. The molecule has 4 rings (SSSR count). The molecule has 1 aromatic heterocycles. The van der Waals surface area contributed by atoms with Crippen LogP contribution in [0.2, 0.25) is 0 Å². The van der Waals surface area contributed by atoms with Gasteiger partial charge in [-0.3, -0.25) is 4.57 Å². The maximum absolute atomic E-state index is 12.5. The number of nitrogens with one attached hydrogen (secondary N) is 1. The highest BCUT2D eigenvalue weighted by molar-refractivity contribution is 7.94. The summed E-state index contributed by atoms with van der Waals surface area (Å²) in [5.74, 6) is 0.662. The van der Waals surface area contributed by atoms with Crippen molar-refractivity contribution in [3.05, 3.63) is 70.8 Å². The van der Waals surface area contributed by atoms with E-state index >= 15 is 0 Å². The lowest BCUT2D eigenvalue weighted by Crippen LogP contribution is -2.27. The number of fused-ring (bicyclic) bond motifs is 3. The molecule has 0 bridgehead atoms. The summed E-state index contributed by atoms with van der Waals surface area (Å²) in [6.07, 6.45) is 1.26. The monoisotopic (exact) mass is 339 g/mol. The fraction of sp³-hybridized carbons (Fsp3) is 0.167. The fourth-order valence-corrected chi connectivity index (χ4v) is 4.62. The van der Waals surface area contributed by atoms with Crippen molar-refractivity contribution >= 4 is 26.8 Å². The van der Waals surface area contributed by atoms with E-state index in [0.717, 1.165) is 16.6 Å². The van der Waals surface area contributed by atoms with Crippen LogP contribution in [0.5, 0.6) is 0 Å². The van der Waals surface area contributed by atoms with E-state index < -0.39 is 15.9 Å². The number of anilines is 1. The smallest absolute Gasteiger partial charge is 0.209 e. The lowest BCUT2D eigenvalue weighted by Gasteiger charge is -2.30. The highest BCUT2D eigenvalue weighted by Crippen LogP contribution is 2.40. The van der Waals surface area contributed by atoms with Crippen molar-refractivity contribution in [3.8, 4) is 0 Å². The summed E-state index contributed by atoms with van der Waals surface area (Å²) in [7, 11) is -3.39. The molecule has 122 valence electrons. The van der Waals surface area contributed by atoms with Gasteiger partial charge in [-0.1, -0.05) is 42.5 Å². The molecule has 1 unspecified atom stereocenters. The third kappa shape index (κ3) is 2.22. The molecule has 0 aliphatic carbocycles. The Morgan fingerprint density at radius 3 is 2.42 bits per heavy atom. The molecule has 2 heterocycles. The number of hydrogen-bond donors (Lipinski definition) is 1. The summed E-state index contributed by atoms with van der Waals surface area (Å²) < 4.78 is 27.0. The molecule has 6 heteroatoms. The van der Waals surface area contributed by atoms with E-state index in [1.165, 1.54) is 6.26 Å². The van der Waals surface area contributed by atoms with Crippen molar-refractivity contribution in [1.29, 1.82) is 0 Å². The molecule has 24 heavy (non-hydrogen) atoms. The van der Waals surface area contributed by atoms with Gasteiger partial charge in [0.15, 0.2) is 9.84 Å². The molecule has 0 radical (unpaired) electrons. The maximum atomic E-state index is 12.5. The van der Waals surface area contributed by atoms with Crippen LogP contribution in [0.15, 0.2) is 65.2 Å². The second-order valence-corrected chi connectivity index (χ2v) is 7.98. The predicted molar refractivity (Wildman–Crippen MR) is 95.5 cm³/mol. The van der Waals surface area contributed by atoms with Gasteiger partial charge in [-0.05, 0) is 24.6 Å². The van der Waals surface area contributed by atoms with E-state index in [2.05, 4.69) is 10.3 Å². The van der Waals surface area contributed by atoms with E-state index in [0.29, 0.717) is 16.6 Å². The number of para-hydroxylation sites is 2. The van der Waals surface area contributed by atoms with Gasteiger partial charge in [0.1, 0.15) is 0 Å². The molecule has 5 nitrogen and oxygen atoms in total. The van der Waals surface area contributed by atoms with Crippen LogP contribution >= 0.6 is 0 Å². The van der Waals surface area contributed by atoms with Crippen LogP contribution in [0, 0.1) is 0 Å². The first kappa shape index (κ1) is 15.0. The van der Waals surface area contributed by atoms with Crippen LogP contribution in [0.1, 0.15) is 18.5 Å². The Morgan fingerprint density at radius 2 is 1.71 bits per heavy atom. The third-order valence-corrected chi connectivity index (χ3v) is 5.61. The van der Waals surface area contributed by atoms with Gasteiger partial charge in [0.2, 0.25) is 5.95 Å². The molecular weight excluding hydrogens is 322 g/mol. The highest BCUT2D eigenvalue weighted by atomic mass is 32.2. The third-order valence-electron chi connectivity index (χ3n) is 4.29. The molecule has 1 aliphatic rings. The second kappa shape index (κ2) is 5.21. The van der Waals surface area contributed by atoms with Gasteiger partial charge < -0.3 is 5.32 Å². The van der Waals surface area contributed by atoms with Gasteiger partial charge in [-0.15, -0.1) is 0 Å². The number of aromatic nitrogens is 2. The summed E-state index contributed by atoms with van der Waals surface area (Å²) in [6.45, 7) is 1.79. The number of sulfone groups is 1. The van der Waals surface area contributed by atoms with Crippen LogP contribution in [0.4, 0.5) is 5.95 Å². The first-order valence-corrected chi connectivity index (χ1v) is 9.56. The SMILES string of the molecule is CC1=C(S(C)(=O)=O)C(c2ccccc2)n2c(nc3ccccc32)N1. The minimum atomic E-state index is -3.39. The van der Waals surface area contributed by atoms with Crippen molar-refractivity contribution in [3.63, 3.8) is 0 Å². The average molecular weight is 339 g/mol. The lowest BCUT2D eigenvalue weighted by atomic mass is 10.0. The first-order chi connectivity index (χ1) is 11.5. The molecule has 0 spiro atoms. The minimum Gasteiger partial charge on any atom is -0.328 e. The standard InChI is InChI=1S/C18H17N3O2S/c1-12-17(24(2,22)23)16(13-8-4-3-5-9-13)21-15-11-7-6-10-14(15)20-18(21)19-12/h3-11,16H,1-2H3,(H,19,20). The fourth-order valence-electron chi connectivity index (χ4n) is 3.36. The molecule has 1 atom stereocenters. The summed E-state index contributed by atoms with van der Waals surface area (Å²) in [6, 6.07) is 17.0. The van der Waals surface area contributed by atoms with Crippen molar-refractivity contribution in [2.45, 2.75) is 13.0 Å². The lowest BCUT2D eigenvalue weighted by molar-refractivity contribution is 0.594. The summed E-state index contributed by atoms with van der Waals surface area (Å²) in [5, 5.41) is 3.16. The van der Waals surface area contributed by atoms with Crippen LogP contribution in [-0.4, -0.2) is 24.2 Å². The Hall–Kier alpha value is -2.60. The Kier molecular flexibility index (Phi) is 3.25. The number of benzene rings is 2. The van der Waals surface area contributed by atoms with E-state index in [9.17, 15) is 8.42 Å². The summed E-state index contributed by atoms with van der Waals surface area (Å²) in [4.78, 5) is 5.00. The first-order valence-electron chi connectivity index (χ1n) is 7.66. The molecule has 0 saturated carbocycles. The Balaban J connectivity index is 2.08. The molecule has 0 amide bonds. The Labute approximate surface area is 140 Å². The van der Waals surface area contributed by atoms with Gasteiger partial charge in [-0.25, -0.2) is 13.4 Å². The van der Waals surface area contributed by atoms with Gasteiger partial charge in [0.05, 0.1) is 22.0 Å². The summed E-state index contributed by atoms with van der Waals surface area (Å²) in [5.41, 5.74) is 3.28. The minimum absolute atomic E-state index is 0.379. The van der Waals surface area contributed by atoms with Crippen molar-refractivity contribution in [1.82, 2.24) is 9.55 Å². The number of nitrogens with zero attached hydrogens (tertiary/aromatic N) is 2. The number of rotatable bonds is 2. The van der Waals surface area contributed by atoms with E-state index in [-0.39, 0.29) is 0 Å². The van der Waals surface area contributed by atoms with Crippen molar-refractivity contribution in [2.75, 3.05) is 11.6 Å². The molecular formula is C18H17N3O2S. The summed E-state index contributed by atoms with van der Waals surface area (Å²) >= 11 is 0. The largest absolute Gasteiger partial charge is 0.328 e. The van der Waals surface area contributed by atoms with Crippen LogP contribution in [0.3, 0.4) is 0 Å². The molecule has 1 N–H and O–H groups in total. The van der Waals surface area contributed by atoms with Crippen molar-refractivity contribution < 1.29 is 8.42 Å². The van der Waals surface area contributed by atoms with E-state index in [1.807, 2.05) is 59.2 Å². The highest BCUT2D eigenvalue weighted by Gasteiger charge is 2.35. The topological polar surface area (TPSA) is 64.0 Å². The number of imidazole rings is 1. The second-order valence-electron chi connectivity index (χ2n) is 5.99. The van der Waals surface area contributed by atoms with Crippen molar-refractivity contribution in [2.24, 2.45) is 0 Å². The number of hydrogen-bond acceptors (Lipinski definition) is 4. The van der Waals surface area contributed by atoms with E-state index in [1.54, 1.807) is 6.92 Å². The predicted octanol–water partition coefficient (Wildman–Crippen LogP) is 3.33. The Morgan fingerprint density at radius 1 is 1.04 bits per heavy atom. The molecule has 2 aromatic carbocycles. The molecule has 1 aliphatic heterocycles. The van der Waals surface area contributed by atoms with Gasteiger partial charge in [0.25, 0.3) is 0 Å². The Bertz CT molecular complexity index is 1070. The zero-order valence-corrected chi connectivity index (χ0v) is 14.2. The van der Waals surface area contributed by atoms with Crippen LogP contribution in [0.25, 0.3) is 11.0 Å². The number of allylic oxidation sites excluding steroid dienone is 2. The van der Waals surface area contributed by atoms with Gasteiger partial charge in [-0.2, -0.15) is 0 Å². The van der Waals surface area contributed by atoms with Crippen LogP contribution < -0.4 is 5.32 Å². The molecule has 0 fully saturated rings. The molecule has 0 saturated heterocycles. The van der Waals surface area contributed by atoms with Gasteiger partial charge in [0, 0.05) is 12.0 Å². The van der Waals surface area contributed by atoms with Gasteiger partial charge >= 0.3 is 0 Å². The maximum Gasteiger partial charge on any atom is 0.209 e. The van der Waals surface area contributed by atoms with Crippen LogP contribution in [-0.2, 0) is 9.84 Å². The van der Waals surface area contributed by atoms with E-state index in [4.69, 9.17) is 0 Å². The zero-order chi connectivity index (χ0) is 16.9. The zero-order valence-electron chi connectivity index (χ0n) is 13.4. The quantitative estimate of drug-likeness (QED) is 0.778. The molecule has 3 aromatic rings.